The first-order chi connectivity index (χ1) is 10.1. The summed E-state index contributed by atoms with van der Waals surface area (Å²) >= 11 is 5.47. The van der Waals surface area contributed by atoms with Crippen LogP contribution in [0.4, 0.5) is 5.69 Å². The number of hydrogen-bond donors (Lipinski definition) is 1. The Labute approximate surface area is 145 Å². The molecule has 0 heterocycles. The molecule has 108 valence electrons. The largest absolute Gasteiger partial charge is 0.490 e. The predicted molar refractivity (Wildman–Crippen MR) is 93.4 cm³/mol. The van der Waals surface area contributed by atoms with Crippen LogP contribution in [-0.4, -0.2) is 13.2 Å². The molecule has 0 fully saturated rings. The molecule has 2 aromatic carbocycles. The van der Waals surface area contributed by atoms with Crippen LogP contribution in [0.5, 0.6) is 11.5 Å². The summed E-state index contributed by atoms with van der Waals surface area (Å²) in [6.07, 6.45) is 0. The lowest BCUT2D eigenvalue weighted by atomic mass is 10.2. The first-order valence-corrected chi connectivity index (χ1v) is 7.97. The zero-order valence-electron chi connectivity index (χ0n) is 11.0. The summed E-state index contributed by atoms with van der Waals surface area (Å²) in [5, 5.41) is 8.86. The highest BCUT2D eigenvalue weighted by Crippen LogP contribution is 2.29. The van der Waals surface area contributed by atoms with Crippen LogP contribution in [0.15, 0.2) is 40.9 Å². The molecule has 6 heteroatoms. The van der Waals surface area contributed by atoms with Gasteiger partial charge in [0, 0.05) is 4.47 Å². The zero-order chi connectivity index (χ0) is 15.2. The molecule has 0 aliphatic carbocycles. The van der Waals surface area contributed by atoms with Crippen molar-refractivity contribution in [3.63, 3.8) is 0 Å². The van der Waals surface area contributed by atoms with Crippen LogP contribution in [0, 0.1) is 14.9 Å². The van der Waals surface area contributed by atoms with Gasteiger partial charge in [-0.25, -0.2) is 0 Å². The Kier molecular flexibility index (Phi) is 5.70. The van der Waals surface area contributed by atoms with E-state index in [9.17, 15) is 0 Å². The van der Waals surface area contributed by atoms with Gasteiger partial charge >= 0.3 is 0 Å². The molecule has 0 aliphatic heterocycles. The number of benzene rings is 2. The van der Waals surface area contributed by atoms with Crippen molar-refractivity contribution < 1.29 is 9.47 Å². The molecular formula is C15H12BrIN2O2. The molecule has 2 rings (SSSR count). The lowest BCUT2D eigenvalue weighted by molar-refractivity contribution is 0.217. The molecule has 4 nitrogen and oxygen atoms in total. The summed E-state index contributed by atoms with van der Waals surface area (Å²) in [7, 11) is 0. The highest BCUT2D eigenvalue weighted by molar-refractivity contribution is 14.1. The molecule has 2 N–H and O–H groups in total. The minimum atomic E-state index is 0.377. The van der Waals surface area contributed by atoms with Crippen LogP contribution in [0.2, 0.25) is 0 Å². The van der Waals surface area contributed by atoms with Gasteiger partial charge in [0.15, 0.2) is 5.75 Å². The molecule has 2 aromatic rings. The van der Waals surface area contributed by atoms with E-state index in [0.29, 0.717) is 30.2 Å². The third kappa shape index (κ3) is 4.51. The second kappa shape index (κ2) is 7.52. The standard InChI is InChI=1S/C15H12BrIN2O2/c16-11-1-3-12(4-2-11)20-5-6-21-15-13(17)7-10(9-18)8-14(15)19/h1-4,7-8H,5-6,19H2. The summed E-state index contributed by atoms with van der Waals surface area (Å²) in [5.41, 5.74) is 6.86. The van der Waals surface area contributed by atoms with E-state index in [-0.39, 0.29) is 0 Å². The van der Waals surface area contributed by atoms with Crippen molar-refractivity contribution in [3.8, 4) is 17.6 Å². The van der Waals surface area contributed by atoms with Gasteiger partial charge in [0.05, 0.1) is 20.9 Å². The molecular weight excluding hydrogens is 447 g/mol. The molecule has 21 heavy (non-hydrogen) atoms. The van der Waals surface area contributed by atoms with Gasteiger partial charge in [-0.1, -0.05) is 15.9 Å². The summed E-state index contributed by atoms with van der Waals surface area (Å²) in [4.78, 5) is 0. The van der Waals surface area contributed by atoms with Crippen LogP contribution < -0.4 is 15.2 Å². The minimum Gasteiger partial charge on any atom is -0.490 e. The predicted octanol–water partition coefficient (Wildman–Crippen LogP) is 3.97. The maximum atomic E-state index is 8.86. The Balaban J connectivity index is 1.89. The quantitative estimate of drug-likeness (QED) is 0.418. The lowest BCUT2D eigenvalue weighted by Crippen LogP contribution is -2.10. The van der Waals surface area contributed by atoms with Crippen molar-refractivity contribution in [2.45, 2.75) is 0 Å². The second-order valence-electron chi connectivity index (χ2n) is 4.14. The zero-order valence-corrected chi connectivity index (χ0v) is 14.7. The van der Waals surface area contributed by atoms with E-state index >= 15 is 0 Å². The average Bonchev–Trinajstić information content (AvgIpc) is 2.47. The number of halogens is 2. The second-order valence-corrected chi connectivity index (χ2v) is 6.22. The van der Waals surface area contributed by atoms with Gasteiger partial charge in [-0.3, -0.25) is 0 Å². The molecule has 0 radical (unpaired) electrons. The summed E-state index contributed by atoms with van der Waals surface area (Å²) < 4.78 is 13.0. The number of rotatable bonds is 5. The van der Waals surface area contributed by atoms with Crippen LogP contribution >= 0.6 is 38.5 Å². The molecule has 0 amide bonds. The van der Waals surface area contributed by atoms with Crippen LogP contribution in [0.3, 0.4) is 0 Å². The topological polar surface area (TPSA) is 68.3 Å². The van der Waals surface area contributed by atoms with Gasteiger partial charge in [0.25, 0.3) is 0 Å². The minimum absolute atomic E-state index is 0.377. The molecule has 0 unspecified atom stereocenters. The maximum Gasteiger partial charge on any atom is 0.155 e. The molecule has 0 saturated carbocycles. The first-order valence-electron chi connectivity index (χ1n) is 6.10. The van der Waals surface area contributed by atoms with Crippen molar-refractivity contribution in [1.29, 1.82) is 5.26 Å². The van der Waals surface area contributed by atoms with Gasteiger partial charge in [-0.15, -0.1) is 0 Å². The van der Waals surface area contributed by atoms with Crippen LogP contribution in [0.25, 0.3) is 0 Å². The number of nitrogen functional groups attached to an aromatic ring is 1. The molecule has 0 saturated heterocycles. The molecule has 0 atom stereocenters. The van der Waals surface area contributed by atoms with Crippen molar-refractivity contribution >= 4 is 44.2 Å². The normalized spacial score (nSPS) is 9.95. The lowest BCUT2D eigenvalue weighted by Gasteiger charge is -2.12. The van der Waals surface area contributed by atoms with Crippen molar-refractivity contribution in [1.82, 2.24) is 0 Å². The van der Waals surface area contributed by atoms with Gasteiger partial charge in [0.2, 0.25) is 0 Å². The molecule has 0 bridgehead atoms. The fraction of sp³-hybridized carbons (Fsp3) is 0.133. The summed E-state index contributed by atoms with van der Waals surface area (Å²) in [6.45, 7) is 0.791. The number of anilines is 1. The molecule has 0 aromatic heterocycles. The Morgan fingerprint density at radius 3 is 2.43 bits per heavy atom. The van der Waals surface area contributed by atoms with Crippen LogP contribution in [-0.2, 0) is 0 Å². The van der Waals surface area contributed by atoms with Gasteiger partial charge < -0.3 is 15.2 Å². The third-order valence-electron chi connectivity index (χ3n) is 2.61. The average molecular weight is 459 g/mol. The summed E-state index contributed by atoms with van der Waals surface area (Å²) in [6, 6.07) is 13.0. The fourth-order valence-corrected chi connectivity index (χ4v) is 2.73. The Hall–Kier alpha value is -1.46. The van der Waals surface area contributed by atoms with E-state index in [2.05, 4.69) is 44.6 Å². The van der Waals surface area contributed by atoms with Crippen molar-refractivity contribution in [3.05, 3.63) is 50.0 Å². The van der Waals surface area contributed by atoms with E-state index in [0.717, 1.165) is 13.8 Å². The van der Waals surface area contributed by atoms with Gasteiger partial charge in [-0.05, 0) is 59.0 Å². The monoisotopic (exact) mass is 458 g/mol. The molecule has 0 spiro atoms. The third-order valence-corrected chi connectivity index (χ3v) is 3.94. The van der Waals surface area contributed by atoms with Crippen LogP contribution in [0.1, 0.15) is 5.56 Å². The van der Waals surface area contributed by atoms with E-state index < -0.39 is 0 Å². The first kappa shape index (κ1) is 15.9. The Bertz CT molecular complexity index is 645. The number of nitrogens with zero attached hydrogens (tertiary/aromatic N) is 1. The number of ether oxygens (including phenoxy) is 2. The SMILES string of the molecule is N#Cc1cc(N)c(OCCOc2ccc(Br)cc2)c(I)c1. The smallest absolute Gasteiger partial charge is 0.155 e. The van der Waals surface area contributed by atoms with Crippen molar-refractivity contribution in [2.24, 2.45) is 0 Å². The number of hydrogen-bond acceptors (Lipinski definition) is 4. The van der Waals surface area contributed by atoms with E-state index in [4.69, 9.17) is 20.5 Å². The molecule has 0 aliphatic rings. The van der Waals surface area contributed by atoms with E-state index in [1.807, 2.05) is 24.3 Å². The van der Waals surface area contributed by atoms with E-state index in [1.54, 1.807) is 12.1 Å². The summed E-state index contributed by atoms with van der Waals surface area (Å²) in [5.74, 6) is 1.37. The Morgan fingerprint density at radius 1 is 1.14 bits per heavy atom. The Morgan fingerprint density at radius 2 is 1.81 bits per heavy atom. The van der Waals surface area contributed by atoms with Gasteiger partial charge in [-0.2, -0.15) is 5.26 Å². The van der Waals surface area contributed by atoms with Crippen molar-refractivity contribution in [2.75, 3.05) is 18.9 Å². The highest BCUT2D eigenvalue weighted by Gasteiger charge is 2.08. The highest BCUT2D eigenvalue weighted by atomic mass is 127. The van der Waals surface area contributed by atoms with E-state index in [1.165, 1.54) is 0 Å². The number of nitriles is 1. The fourth-order valence-electron chi connectivity index (χ4n) is 1.67. The maximum absolute atomic E-state index is 8.86. The number of nitrogens with two attached hydrogens (primary N) is 1. The van der Waals surface area contributed by atoms with Gasteiger partial charge in [0.1, 0.15) is 19.0 Å².